The number of nitrogens with one attached hydrogen (secondary N) is 1. The van der Waals surface area contributed by atoms with Crippen molar-refractivity contribution < 1.29 is 18.7 Å². The van der Waals surface area contributed by atoms with Crippen LogP contribution in [0.15, 0.2) is 12.1 Å². The number of hydrogen-bond donors (Lipinski definition) is 2. The molecule has 0 aliphatic rings. The van der Waals surface area contributed by atoms with Gasteiger partial charge in [-0.2, -0.15) is 4.39 Å². The molecule has 0 saturated heterocycles. The van der Waals surface area contributed by atoms with Crippen LogP contribution in [0.25, 0.3) is 0 Å². The van der Waals surface area contributed by atoms with E-state index in [4.69, 9.17) is 5.11 Å². The average Bonchev–Trinajstić information content (AvgIpc) is 2.15. The second-order valence-electron chi connectivity index (χ2n) is 2.71. The second-order valence-corrected chi connectivity index (χ2v) is 2.71. The smallest absolute Gasteiger partial charge is 0.201 e. The summed E-state index contributed by atoms with van der Waals surface area (Å²) in [5.41, 5.74) is -0.366. The molecule has 1 aromatic rings. The molecule has 0 unspecified atom stereocenters. The summed E-state index contributed by atoms with van der Waals surface area (Å²) < 4.78 is 25.8. The molecule has 0 radical (unpaired) electrons. The topological polar surface area (TPSA) is 49.3 Å². The van der Waals surface area contributed by atoms with E-state index >= 15 is 0 Å². The third kappa shape index (κ3) is 1.88. The molecular weight excluding hydrogens is 192 g/mol. The lowest BCUT2D eigenvalue weighted by molar-refractivity contribution is 0.0988. The van der Waals surface area contributed by atoms with E-state index in [-0.39, 0.29) is 12.1 Å². The van der Waals surface area contributed by atoms with Gasteiger partial charge in [0, 0.05) is 0 Å². The molecule has 0 bridgehead atoms. The monoisotopic (exact) mass is 201 g/mol. The van der Waals surface area contributed by atoms with Gasteiger partial charge in [0.2, 0.25) is 5.82 Å². The fourth-order valence-electron chi connectivity index (χ4n) is 1.01. The molecule has 3 nitrogen and oxygen atoms in total. The van der Waals surface area contributed by atoms with Crippen LogP contribution < -0.4 is 5.32 Å². The number of phenolic OH excluding ortho intramolecular Hbond substituents is 1. The number of halogens is 2. The Morgan fingerprint density at radius 3 is 2.64 bits per heavy atom. The first kappa shape index (κ1) is 10.6. The van der Waals surface area contributed by atoms with E-state index in [1.807, 2.05) is 0 Å². The maximum absolute atomic E-state index is 13.1. The Hall–Kier alpha value is -1.49. The van der Waals surface area contributed by atoms with Crippen LogP contribution >= 0.6 is 0 Å². The highest BCUT2D eigenvalue weighted by Crippen LogP contribution is 2.21. The highest BCUT2D eigenvalue weighted by atomic mass is 19.2. The Kier molecular flexibility index (Phi) is 3.14. The van der Waals surface area contributed by atoms with Crippen molar-refractivity contribution in [2.75, 3.05) is 13.6 Å². The van der Waals surface area contributed by atoms with Crippen molar-refractivity contribution in [2.45, 2.75) is 0 Å². The zero-order valence-electron chi connectivity index (χ0n) is 7.47. The Morgan fingerprint density at radius 2 is 2.07 bits per heavy atom. The van der Waals surface area contributed by atoms with Gasteiger partial charge in [-0.05, 0) is 19.2 Å². The number of carbonyl (C=O) groups excluding carboxylic acids is 1. The summed E-state index contributed by atoms with van der Waals surface area (Å²) in [6.07, 6.45) is 0. The van der Waals surface area contributed by atoms with Gasteiger partial charge in [-0.3, -0.25) is 4.79 Å². The molecule has 0 aliphatic heterocycles. The summed E-state index contributed by atoms with van der Waals surface area (Å²) in [4.78, 5) is 11.2. The van der Waals surface area contributed by atoms with Crippen molar-refractivity contribution in [1.82, 2.24) is 5.32 Å². The molecule has 14 heavy (non-hydrogen) atoms. The zero-order chi connectivity index (χ0) is 10.7. The summed E-state index contributed by atoms with van der Waals surface area (Å²) in [5, 5.41) is 11.3. The van der Waals surface area contributed by atoms with Gasteiger partial charge in [0.1, 0.15) is 0 Å². The van der Waals surface area contributed by atoms with Gasteiger partial charge in [0.15, 0.2) is 17.3 Å². The summed E-state index contributed by atoms with van der Waals surface area (Å²) in [5.74, 6) is -4.08. The fourth-order valence-corrected chi connectivity index (χ4v) is 1.01. The Bertz CT molecular complexity index is 366. The van der Waals surface area contributed by atoms with Crippen LogP contribution in [-0.4, -0.2) is 24.5 Å². The van der Waals surface area contributed by atoms with E-state index < -0.39 is 23.2 Å². The van der Waals surface area contributed by atoms with Crippen molar-refractivity contribution in [2.24, 2.45) is 0 Å². The number of carbonyl (C=O) groups is 1. The van der Waals surface area contributed by atoms with Crippen LogP contribution in [0.5, 0.6) is 5.75 Å². The molecule has 1 aromatic carbocycles. The van der Waals surface area contributed by atoms with E-state index in [1.54, 1.807) is 0 Å². The first-order valence-corrected chi connectivity index (χ1v) is 3.92. The minimum absolute atomic E-state index is 0.0822. The van der Waals surface area contributed by atoms with E-state index in [1.165, 1.54) is 7.05 Å². The Labute approximate surface area is 79.4 Å². The maximum Gasteiger partial charge on any atom is 0.201 e. The highest BCUT2D eigenvalue weighted by molar-refractivity contribution is 5.98. The number of aromatic hydroxyl groups is 1. The minimum Gasteiger partial charge on any atom is -0.505 e. The molecule has 0 aliphatic carbocycles. The third-order valence-electron chi connectivity index (χ3n) is 1.70. The molecule has 0 fully saturated rings. The summed E-state index contributed by atoms with van der Waals surface area (Å²) in [6, 6.07) is 1.99. The molecule has 0 saturated carbocycles. The molecule has 5 heteroatoms. The quantitative estimate of drug-likeness (QED) is 0.719. The van der Waals surface area contributed by atoms with E-state index in [0.29, 0.717) is 0 Å². The fraction of sp³-hybridized carbons (Fsp3) is 0.222. The van der Waals surface area contributed by atoms with Crippen molar-refractivity contribution >= 4 is 5.78 Å². The summed E-state index contributed by atoms with van der Waals surface area (Å²) in [6.45, 7) is -0.0822. The lowest BCUT2D eigenvalue weighted by Crippen LogP contribution is -2.19. The lowest BCUT2D eigenvalue weighted by atomic mass is 10.1. The first-order chi connectivity index (χ1) is 6.57. The number of ketones is 1. The van der Waals surface area contributed by atoms with Crippen LogP contribution in [0.3, 0.4) is 0 Å². The number of benzene rings is 1. The Morgan fingerprint density at radius 1 is 1.43 bits per heavy atom. The highest BCUT2D eigenvalue weighted by Gasteiger charge is 2.17. The molecular formula is C9H9F2NO2. The SMILES string of the molecule is CNCC(=O)c1ccc(O)c(F)c1F. The van der Waals surface area contributed by atoms with Crippen molar-refractivity contribution in [1.29, 1.82) is 0 Å². The van der Waals surface area contributed by atoms with Crippen LogP contribution in [-0.2, 0) is 0 Å². The van der Waals surface area contributed by atoms with Crippen molar-refractivity contribution in [3.63, 3.8) is 0 Å². The number of rotatable bonds is 3. The van der Waals surface area contributed by atoms with Gasteiger partial charge in [0.05, 0.1) is 12.1 Å². The number of hydrogen-bond acceptors (Lipinski definition) is 3. The zero-order valence-corrected chi connectivity index (χ0v) is 7.47. The lowest BCUT2D eigenvalue weighted by Gasteiger charge is -2.03. The maximum atomic E-state index is 13.1. The molecule has 0 atom stereocenters. The van der Waals surface area contributed by atoms with Crippen LogP contribution in [0, 0.1) is 11.6 Å². The summed E-state index contributed by atoms with van der Waals surface area (Å²) >= 11 is 0. The van der Waals surface area contributed by atoms with E-state index in [2.05, 4.69) is 5.32 Å². The molecule has 1 rings (SSSR count). The van der Waals surface area contributed by atoms with Gasteiger partial charge in [0.25, 0.3) is 0 Å². The molecule has 0 amide bonds. The van der Waals surface area contributed by atoms with Crippen LogP contribution in [0.1, 0.15) is 10.4 Å². The van der Waals surface area contributed by atoms with Crippen LogP contribution in [0.2, 0.25) is 0 Å². The van der Waals surface area contributed by atoms with E-state index in [0.717, 1.165) is 12.1 Å². The molecule has 0 aromatic heterocycles. The van der Waals surface area contributed by atoms with Gasteiger partial charge in [-0.15, -0.1) is 0 Å². The average molecular weight is 201 g/mol. The number of likely N-dealkylation sites (N-methyl/N-ethyl adjacent to an activating group) is 1. The summed E-state index contributed by atoms with van der Waals surface area (Å²) in [7, 11) is 1.52. The molecule has 0 heterocycles. The number of phenols is 1. The van der Waals surface area contributed by atoms with Crippen molar-refractivity contribution in [3.05, 3.63) is 29.3 Å². The van der Waals surface area contributed by atoms with Gasteiger partial charge >= 0.3 is 0 Å². The molecule has 0 spiro atoms. The molecule has 76 valence electrons. The second kappa shape index (κ2) is 4.15. The van der Waals surface area contributed by atoms with Crippen LogP contribution in [0.4, 0.5) is 8.78 Å². The predicted molar refractivity (Wildman–Crippen MR) is 46.3 cm³/mol. The van der Waals surface area contributed by atoms with Gasteiger partial charge < -0.3 is 10.4 Å². The number of Topliss-reactive ketones (excluding diaryl/α,β-unsaturated/α-hetero) is 1. The minimum atomic E-state index is -1.40. The predicted octanol–water partition coefficient (Wildman–Crippen LogP) is 1.07. The molecule has 2 N–H and O–H groups in total. The van der Waals surface area contributed by atoms with Gasteiger partial charge in [-0.25, -0.2) is 4.39 Å². The largest absolute Gasteiger partial charge is 0.505 e. The standard InChI is InChI=1S/C9H9F2NO2/c1-12-4-7(14)5-2-3-6(13)9(11)8(5)10/h2-3,12-13H,4H2,1H3. The van der Waals surface area contributed by atoms with Gasteiger partial charge in [-0.1, -0.05) is 0 Å². The Balaban J connectivity index is 3.11. The third-order valence-corrected chi connectivity index (χ3v) is 1.70. The van der Waals surface area contributed by atoms with Crippen molar-refractivity contribution in [3.8, 4) is 5.75 Å². The normalized spacial score (nSPS) is 10.2. The first-order valence-electron chi connectivity index (χ1n) is 3.92. The van der Waals surface area contributed by atoms with E-state index in [9.17, 15) is 13.6 Å².